The number of fused-ring (bicyclic) bond motifs is 2. The standard InChI is InChI=1S/C29H25FN8O2/c1-3-4-5-25(39)33-19-9-17(12-31-13-19)22-6-7-23-27(34-22)28(38-37-23)29-35-24-15-32-14-21(26(24)36-29)16-8-18(30)11-20(10-16)40-2/h6-15H,3-5H2,1-2H3,(H,33,39)(H,35,36)(H,37,38). The van der Waals surface area contributed by atoms with Crippen LogP contribution in [-0.4, -0.2) is 48.1 Å². The molecule has 0 radical (unpaired) electrons. The molecule has 0 aliphatic carbocycles. The number of nitrogens with one attached hydrogen (secondary N) is 3. The smallest absolute Gasteiger partial charge is 0.224 e. The molecule has 0 saturated heterocycles. The summed E-state index contributed by atoms with van der Waals surface area (Å²) in [6.45, 7) is 2.05. The molecule has 1 aromatic carbocycles. The van der Waals surface area contributed by atoms with Crippen molar-refractivity contribution in [2.24, 2.45) is 0 Å². The van der Waals surface area contributed by atoms with Crippen LogP contribution in [-0.2, 0) is 4.79 Å². The summed E-state index contributed by atoms with van der Waals surface area (Å²) < 4.78 is 19.5. The van der Waals surface area contributed by atoms with Crippen LogP contribution in [0.3, 0.4) is 0 Å². The van der Waals surface area contributed by atoms with E-state index in [2.05, 4.69) is 30.5 Å². The second-order valence-corrected chi connectivity index (χ2v) is 9.33. The SMILES string of the molecule is CCCCC(=O)Nc1cncc(-c2ccc3[nH]nc(-c4nc5c(-c6cc(F)cc(OC)c6)cncc5[nH]4)c3n2)c1. The summed E-state index contributed by atoms with van der Waals surface area (Å²) in [6.07, 6.45) is 8.85. The molecular formula is C29H25FN8O2. The van der Waals surface area contributed by atoms with E-state index in [9.17, 15) is 9.18 Å². The maximum atomic E-state index is 14.2. The minimum Gasteiger partial charge on any atom is -0.497 e. The number of carbonyl (C=O) groups is 1. The number of H-pyrrole nitrogens is 2. The van der Waals surface area contributed by atoms with Gasteiger partial charge in [0.2, 0.25) is 5.91 Å². The van der Waals surface area contributed by atoms with Crippen LogP contribution in [0.4, 0.5) is 10.1 Å². The molecule has 11 heteroatoms. The Morgan fingerprint density at radius 1 is 0.975 bits per heavy atom. The van der Waals surface area contributed by atoms with Crippen LogP contribution in [0.15, 0.2) is 61.2 Å². The van der Waals surface area contributed by atoms with E-state index in [0.717, 1.165) is 23.9 Å². The fourth-order valence-electron chi connectivity index (χ4n) is 4.53. The lowest BCUT2D eigenvalue weighted by Gasteiger charge is -2.07. The molecule has 0 unspecified atom stereocenters. The van der Waals surface area contributed by atoms with E-state index in [1.165, 1.54) is 19.2 Å². The second-order valence-electron chi connectivity index (χ2n) is 9.33. The molecule has 10 nitrogen and oxygen atoms in total. The Bertz CT molecular complexity index is 1860. The number of hydrogen-bond donors (Lipinski definition) is 3. The average molecular weight is 537 g/mol. The molecule has 0 aliphatic rings. The van der Waals surface area contributed by atoms with Gasteiger partial charge in [-0.05, 0) is 42.3 Å². The van der Waals surface area contributed by atoms with E-state index in [1.54, 1.807) is 30.9 Å². The fourth-order valence-corrected chi connectivity index (χ4v) is 4.53. The second kappa shape index (κ2) is 10.5. The van der Waals surface area contributed by atoms with Crippen molar-refractivity contribution in [2.75, 3.05) is 12.4 Å². The summed E-state index contributed by atoms with van der Waals surface area (Å²) in [5.41, 5.74) is 6.40. The van der Waals surface area contributed by atoms with Gasteiger partial charge in [-0.15, -0.1) is 0 Å². The Kier molecular flexibility index (Phi) is 6.61. The number of imidazole rings is 1. The summed E-state index contributed by atoms with van der Waals surface area (Å²) in [7, 11) is 1.49. The summed E-state index contributed by atoms with van der Waals surface area (Å²) in [5, 5.41) is 10.4. The molecule has 5 aromatic heterocycles. The molecule has 200 valence electrons. The van der Waals surface area contributed by atoms with Crippen LogP contribution < -0.4 is 10.1 Å². The average Bonchev–Trinajstić information content (AvgIpc) is 3.59. The van der Waals surface area contributed by atoms with Crippen LogP contribution in [0, 0.1) is 5.82 Å². The number of anilines is 1. The molecule has 0 spiro atoms. The number of amides is 1. The van der Waals surface area contributed by atoms with Gasteiger partial charge in [-0.25, -0.2) is 14.4 Å². The molecule has 3 N–H and O–H groups in total. The van der Waals surface area contributed by atoms with E-state index < -0.39 is 5.82 Å². The van der Waals surface area contributed by atoms with Crippen molar-refractivity contribution in [1.82, 2.24) is 35.1 Å². The molecule has 0 aliphatic heterocycles. The highest BCUT2D eigenvalue weighted by atomic mass is 19.1. The van der Waals surface area contributed by atoms with Gasteiger partial charge in [-0.3, -0.25) is 19.9 Å². The molecule has 1 amide bonds. The third-order valence-electron chi connectivity index (χ3n) is 6.52. The Balaban J connectivity index is 1.38. The highest BCUT2D eigenvalue weighted by molar-refractivity contribution is 5.96. The summed E-state index contributed by atoms with van der Waals surface area (Å²) in [5.74, 6) is 0.420. The third kappa shape index (κ3) is 4.84. The zero-order valence-electron chi connectivity index (χ0n) is 21.8. The first-order valence-electron chi connectivity index (χ1n) is 12.8. The number of halogens is 1. The predicted molar refractivity (Wildman–Crippen MR) is 150 cm³/mol. The lowest BCUT2D eigenvalue weighted by Crippen LogP contribution is -2.11. The van der Waals surface area contributed by atoms with Crippen molar-refractivity contribution in [3.05, 3.63) is 67.0 Å². The molecule has 6 aromatic rings. The number of ether oxygens (including phenoxy) is 1. The maximum absolute atomic E-state index is 14.2. The number of nitrogens with zero attached hydrogens (tertiary/aromatic N) is 5. The Labute approximate surface area is 228 Å². The first kappa shape index (κ1) is 25.1. The highest BCUT2D eigenvalue weighted by Gasteiger charge is 2.18. The van der Waals surface area contributed by atoms with Crippen LogP contribution in [0.1, 0.15) is 26.2 Å². The number of hydrogen-bond acceptors (Lipinski definition) is 7. The molecule has 0 fully saturated rings. The van der Waals surface area contributed by atoms with Crippen molar-refractivity contribution in [2.45, 2.75) is 26.2 Å². The lowest BCUT2D eigenvalue weighted by atomic mass is 10.1. The van der Waals surface area contributed by atoms with Crippen molar-refractivity contribution in [3.63, 3.8) is 0 Å². The van der Waals surface area contributed by atoms with Crippen LogP contribution in [0.2, 0.25) is 0 Å². The van der Waals surface area contributed by atoms with E-state index in [1.807, 2.05) is 25.1 Å². The number of aromatic nitrogens is 7. The van der Waals surface area contributed by atoms with Gasteiger partial charge in [0.05, 0.1) is 47.4 Å². The van der Waals surface area contributed by atoms with E-state index >= 15 is 0 Å². The van der Waals surface area contributed by atoms with Crippen LogP contribution in [0.25, 0.3) is 56.0 Å². The molecule has 40 heavy (non-hydrogen) atoms. The fraction of sp³-hybridized carbons (Fsp3) is 0.172. The van der Waals surface area contributed by atoms with Gasteiger partial charge in [0, 0.05) is 36.0 Å². The Morgan fingerprint density at radius 2 is 1.85 bits per heavy atom. The molecule has 0 saturated carbocycles. The predicted octanol–water partition coefficient (Wildman–Crippen LogP) is 5.90. The van der Waals surface area contributed by atoms with Gasteiger partial charge in [0.25, 0.3) is 0 Å². The molecule has 0 bridgehead atoms. The van der Waals surface area contributed by atoms with Crippen molar-refractivity contribution >= 4 is 33.7 Å². The van der Waals surface area contributed by atoms with E-state index in [-0.39, 0.29) is 5.91 Å². The molecule has 5 heterocycles. The van der Waals surface area contributed by atoms with E-state index in [4.69, 9.17) is 14.7 Å². The number of unbranched alkanes of at least 4 members (excludes halogenated alkanes) is 1. The Hall–Kier alpha value is -5.19. The molecular weight excluding hydrogens is 511 g/mol. The first-order chi connectivity index (χ1) is 19.5. The van der Waals surface area contributed by atoms with Gasteiger partial charge in [0.15, 0.2) is 11.5 Å². The maximum Gasteiger partial charge on any atom is 0.224 e. The number of pyridine rings is 3. The first-order valence-corrected chi connectivity index (χ1v) is 12.8. The number of rotatable bonds is 8. The summed E-state index contributed by atoms with van der Waals surface area (Å²) in [6, 6.07) is 10.1. The van der Waals surface area contributed by atoms with Crippen molar-refractivity contribution in [3.8, 4) is 39.7 Å². The van der Waals surface area contributed by atoms with Crippen molar-refractivity contribution in [1.29, 1.82) is 0 Å². The molecule has 0 atom stereocenters. The minimum absolute atomic E-state index is 0.0447. The van der Waals surface area contributed by atoms with Crippen LogP contribution >= 0.6 is 0 Å². The summed E-state index contributed by atoms with van der Waals surface area (Å²) >= 11 is 0. The number of benzene rings is 1. The number of aromatic amines is 2. The highest BCUT2D eigenvalue weighted by Crippen LogP contribution is 2.33. The minimum atomic E-state index is -0.420. The largest absolute Gasteiger partial charge is 0.497 e. The quantitative estimate of drug-likeness (QED) is 0.220. The third-order valence-corrected chi connectivity index (χ3v) is 6.52. The van der Waals surface area contributed by atoms with Gasteiger partial charge in [-0.1, -0.05) is 13.3 Å². The number of methoxy groups -OCH3 is 1. The van der Waals surface area contributed by atoms with E-state index in [0.29, 0.717) is 62.7 Å². The topological polar surface area (TPSA) is 134 Å². The zero-order chi connectivity index (χ0) is 27.6. The monoisotopic (exact) mass is 536 g/mol. The lowest BCUT2D eigenvalue weighted by molar-refractivity contribution is -0.116. The zero-order valence-corrected chi connectivity index (χ0v) is 21.8. The van der Waals surface area contributed by atoms with Gasteiger partial charge < -0.3 is 15.0 Å². The van der Waals surface area contributed by atoms with Gasteiger partial charge >= 0.3 is 0 Å². The number of carbonyl (C=O) groups excluding carboxylic acids is 1. The normalized spacial score (nSPS) is 11.3. The van der Waals surface area contributed by atoms with Crippen LogP contribution in [0.5, 0.6) is 5.75 Å². The van der Waals surface area contributed by atoms with Gasteiger partial charge in [0.1, 0.15) is 17.1 Å². The molecule has 6 rings (SSSR count). The van der Waals surface area contributed by atoms with Gasteiger partial charge in [-0.2, -0.15) is 5.10 Å². The van der Waals surface area contributed by atoms with Crippen molar-refractivity contribution < 1.29 is 13.9 Å². The Morgan fingerprint density at radius 3 is 2.70 bits per heavy atom. The summed E-state index contributed by atoms with van der Waals surface area (Å²) in [4.78, 5) is 33.7.